The van der Waals surface area contributed by atoms with E-state index < -0.39 is 23.1 Å². The van der Waals surface area contributed by atoms with Crippen molar-refractivity contribution < 1.29 is 13.6 Å². The van der Waals surface area contributed by atoms with E-state index in [9.17, 15) is 18.4 Å². The van der Waals surface area contributed by atoms with Gasteiger partial charge in [0.15, 0.2) is 0 Å². The number of amides is 1. The maximum absolute atomic E-state index is 13.6. The van der Waals surface area contributed by atoms with Crippen LogP contribution in [-0.4, -0.2) is 15.7 Å². The molecule has 0 spiro atoms. The van der Waals surface area contributed by atoms with Crippen molar-refractivity contribution in [1.82, 2.24) is 15.1 Å². The Morgan fingerprint density at radius 2 is 1.86 bits per heavy atom. The molecular formula is C21H19F2N3O2. The van der Waals surface area contributed by atoms with Crippen LogP contribution in [0.4, 0.5) is 8.78 Å². The number of hydrogen-bond acceptors (Lipinski definition) is 3. The summed E-state index contributed by atoms with van der Waals surface area (Å²) < 4.78 is 27.6. The lowest BCUT2D eigenvalue weighted by molar-refractivity contribution is -0.122. The maximum Gasteiger partial charge on any atom is 0.267 e. The van der Waals surface area contributed by atoms with Crippen molar-refractivity contribution in [2.75, 3.05) is 0 Å². The van der Waals surface area contributed by atoms with Gasteiger partial charge in [0.2, 0.25) is 5.91 Å². The molecule has 1 heterocycles. The molecule has 28 heavy (non-hydrogen) atoms. The summed E-state index contributed by atoms with van der Waals surface area (Å²) in [6.45, 7) is 3.48. The molecule has 1 N–H and O–H groups in total. The van der Waals surface area contributed by atoms with Gasteiger partial charge in [0, 0.05) is 29.8 Å². The predicted octanol–water partition coefficient (Wildman–Crippen LogP) is 3.12. The zero-order valence-electron chi connectivity index (χ0n) is 15.5. The summed E-state index contributed by atoms with van der Waals surface area (Å²) in [7, 11) is 0. The normalized spacial score (nSPS) is 10.7. The van der Waals surface area contributed by atoms with Crippen LogP contribution < -0.4 is 10.9 Å². The number of carbonyl (C=O) groups is 1. The Kier molecular flexibility index (Phi) is 5.63. The fraction of sp³-hybridized carbons (Fsp3) is 0.190. The van der Waals surface area contributed by atoms with E-state index in [2.05, 4.69) is 10.4 Å². The highest BCUT2D eigenvalue weighted by Crippen LogP contribution is 2.21. The van der Waals surface area contributed by atoms with Gasteiger partial charge in [0.25, 0.3) is 5.56 Å². The third-order valence-corrected chi connectivity index (χ3v) is 4.32. The molecule has 0 fully saturated rings. The highest BCUT2D eigenvalue weighted by Gasteiger charge is 2.11. The van der Waals surface area contributed by atoms with Crippen molar-refractivity contribution in [3.05, 3.63) is 87.2 Å². The minimum absolute atomic E-state index is 0.115. The standard InChI is InChI=1S/C21H19F2N3O2/c1-13-3-4-14(2)17(9-13)19-7-8-21(28)26(25-19)12-20(27)24-11-15-5-6-16(22)10-18(15)23/h3-10H,11-12H2,1-2H3,(H,24,27). The van der Waals surface area contributed by atoms with Crippen LogP contribution in [0, 0.1) is 25.5 Å². The van der Waals surface area contributed by atoms with Gasteiger partial charge in [-0.15, -0.1) is 0 Å². The molecule has 0 radical (unpaired) electrons. The minimum atomic E-state index is -0.743. The van der Waals surface area contributed by atoms with Gasteiger partial charge in [0.1, 0.15) is 18.2 Å². The van der Waals surface area contributed by atoms with E-state index in [1.54, 1.807) is 6.07 Å². The van der Waals surface area contributed by atoms with E-state index in [0.717, 1.165) is 33.5 Å². The van der Waals surface area contributed by atoms with Gasteiger partial charge in [0.05, 0.1) is 5.69 Å². The molecular weight excluding hydrogens is 364 g/mol. The van der Waals surface area contributed by atoms with Crippen molar-refractivity contribution in [1.29, 1.82) is 0 Å². The first-order chi connectivity index (χ1) is 13.3. The summed E-state index contributed by atoms with van der Waals surface area (Å²) in [5, 5.41) is 6.80. The van der Waals surface area contributed by atoms with Crippen LogP contribution in [-0.2, 0) is 17.9 Å². The lowest BCUT2D eigenvalue weighted by Crippen LogP contribution is -2.33. The Labute approximate surface area is 160 Å². The second-order valence-electron chi connectivity index (χ2n) is 6.55. The number of nitrogens with one attached hydrogen (secondary N) is 1. The Balaban J connectivity index is 1.75. The van der Waals surface area contributed by atoms with Crippen LogP contribution in [0.15, 0.2) is 53.3 Å². The molecule has 144 valence electrons. The first kappa shape index (κ1) is 19.4. The highest BCUT2D eigenvalue weighted by atomic mass is 19.1. The predicted molar refractivity (Wildman–Crippen MR) is 102 cm³/mol. The quantitative estimate of drug-likeness (QED) is 0.736. The van der Waals surface area contributed by atoms with Crippen LogP contribution in [0.5, 0.6) is 0 Å². The van der Waals surface area contributed by atoms with Gasteiger partial charge in [-0.25, -0.2) is 13.5 Å². The van der Waals surface area contributed by atoms with Crippen molar-refractivity contribution in [2.45, 2.75) is 26.9 Å². The fourth-order valence-corrected chi connectivity index (χ4v) is 2.77. The second kappa shape index (κ2) is 8.12. The van der Waals surface area contributed by atoms with Crippen molar-refractivity contribution in [2.24, 2.45) is 0 Å². The third kappa shape index (κ3) is 4.49. The number of carbonyl (C=O) groups excluding carboxylic acids is 1. The zero-order chi connectivity index (χ0) is 20.3. The molecule has 3 rings (SSSR count). The Bertz CT molecular complexity index is 1090. The van der Waals surface area contributed by atoms with Gasteiger partial charge in [-0.2, -0.15) is 5.10 Å². The number of hydrogen-bond donors (Lipinski definition) is 1. The fourth-order valence-electron chi connectivity index (χ4n) is 2.77. The van der Waals surface area contributed by atoms with Gasteiger partial charge < -0.3 is 5.32 Å². The van der Waals surface area contributed by atoms with E-state index in [0.29, 0.717) is 5.69 Å². The van der Waals surface area contributed by atoms with Crippen LogP contribution in [0.3, 0.4) is 0 Å². The molecule has 2 aromatic carbocycles. The van der Waals surface area contributed by atoms with Gasteiger partial charge in [-0.05, 0) is 37.6 Å². The van der Waals surface area contributed by atoms with Crippen molar-refractivity contribution in [3.63, 3.8) is 0 Å². The molecule has 0 aliphatic carbocycles. The summed E-state index contributed by atoms with van der Waals surface area (Å²) in [6, 6.07) is 12.0. The Morgan fingerprint density at radius 3 is 2.61 bits per heavy atom. The lowest BCUT2D eigenvalue weighted by Gasteiger charge is -2.10. The Hall–Kier alpha value is -3.35. The van der Waals surface area contributed by atoms with Crippen LogP contribution in [0.1, 0.15) is 16.7 Å². The summed E-state index contributed by atoms with van der Waals surface area (Å²) in [5.41, 5.74) is 3.25. The largest absolute Gasteiger partial charge is 0.350 e. The molecule has 5 nitrogen and oxygen atoms in total. The van der Waals surface area contributed by atoms with Crippen molar-refractivity contribution >= 4 is 5.91 Å². The maximum atomic E-state index is 13.6. The van der Waals surface area contributed by atoms with Crippen LogP contribution in [0.2, 0.25) is 0 Å². The summed E-state index contributed by atoms with van der Waals surface area (Å²) in [6.07, 6.45) is 0. The molecule has 0 saturated carbocycles. The van der Waals surface area contributed by atoms with E-state index in [1.807, 2.05) is 32.0 Å². The second-order valence-corrected chi connectivity index (χ2v) is 6.55. The SMILES string of the molecule is Cc1ccc(C)c(-c2ccc(=O)n(CC(=O)NCc3ccc(F)cc3F)n2)c1. The molecule has 7 heteroatoms. The highest BCUT2D eigenvalue weighted by molar-refractivity contribution is 5.75. The van der Waals surface area contributed by atoms with Crippen molar-refractivity contribution in [3.8, 4) is 11.3 Å². The smallest absolute Gasteiger partial charge is 0.267 e. The first-order valence-electron chi connectivity index (χ1n) is 8.70. The molecule has 1 aromatic heterocycles. The van der Waals surface area contributed by atoms with E-state index in [-0.39, 0.29) is 18.7 Å². The third-order valence-electron chi connectivity index (χ3n) is 4.32. The van der Waals surface area contributed by atoms with Gasteiger partial charge >= 0.3 is 0 Å². The molecule has 0 unspecified atom stereocenters. The number of aromatic nitrogens is 2. The average molecular weight is 383 g/mol. The topological polar surface area (TPSA) is 64.0 Å². The molecule has 0 aliphatic rings. The molecule has 0 bridgehead atoms. The summed E-state index contributed by atoms with van der Waals surface area (Å²) in [4.78, 5) is 24.3. The number of rotatable bonds is 5. The molecule has 0 aliphatic heterocycles. The number of halogens is 2. The average Bonchev–Trinajstić information content (AvgIpc) is 2.65. The van der Waals surface area contributed by atoms with E-state index >= 15 is 0 Å². The number of benzene rings is 2. The van der Waals surface area contributed by atoms with E-state index in [4.69, 9.17) is 0 Å². The summed E-state index contributed by atoms with van der Waals surface area (Å²) in [5.74, 6) is -1.93. The Morgan fingerprint density at radius 1 is 1.07 bits per heavy atom. The monoisotopic (exact) mass is 383 g/mol. The molecule has 1 amide bonds. The summed E-state index contributed by atoms with van der Waals surface area (Å²) >= 11 is 0. The van der Waals surface area contributed by atoms with Crippen LogP contribution in [0.25, 0.3) is 11.3 Å². The van der Waals surface area contributed by atoms with Crippen LogP contribution >= 0.6 is 0 Å². The minimum Gasteiger partial charge on any atom is -0.350 e. The van der Waals surface area contributed by atoms with Gasteiger partial charge in [-0.1, -0.05) is 23.8 Å². The lowest BCUT2D eigenvalue weighted by atomic mass is 10.0. The number of aryl methyl sites for hydroxylation is 2. The molecule has 0 saturated heterocycles. The zero-order valence-corrected chi connectivity index (χ0v) is 15.5. The number of nitrogens with zero attached hydrogens (tertiary/aromatic N) is 2. The first-order valence-corrected chi connectivity index (χ1v) is 8.70. The van der Waals surface area contributed by atoms with Gasteiger partial charge in [-0.3, -0.25) is 9.59 Å². The molecule has 0 atom stereocenters. The van der Waals surface area contributed by atoms with E-state index in [1.165, 1.54) is 12.1 Å². The molecule has 3 aromatic rings.